The van der Waals surface area contributed by atoms with E-state index < -0.39 is 37.2 Å². The standard InChI is InChI=1S/C20H23Cl2NO3S.C20H21Cl2NO3S/c2*1-14-5-7-18(8-6-14)27(25,26)23-20(9-3-2-4-10-20)19(24)15-11-16(21)13-17(22)12-15/h5-8,11-13,19,23-24H,2-4,9-10H2,1H3;5-8,11-13,23H,2-4,9-10H2,1H3. The number of rotatable bonds is 10. The minimum absolute atomic E-state index is 0.148. The molecule has 0 spiro atoms. The molecule has 4 aromatic carbocycles. The van der Waals surface area contributed by atoms with Gasteiger partial charge in [-0.05, 0) is 106 Å². The summed E-state index contributed by atoms with van der Waals surface area (Å²) in [5.41, 5.74) is 0.606. The number of halogens is 4. The van der Waals surface area contributed by atoms with Gasteiger partial charge in [0, 0.05) is 25.7 Å². The summed E-state index contributed by atoms with van der Waals surface area (Å²) in [5, 5.41) is 12.7. The van der Waals surface area contributed by atoms with Crippen molar-refractivity contribution in [2.24, 2.45) is 0 Å². The third-order valence-corrected chi connectivity index (χ3v) is 14.1. The lowest BCUT2D eigenvalue weighted by Crippen LogP contribution is -2.55. The smallest absolute Gasteiger partial charge is 0.241 e. The van der Waals surface area contributed by atoms with Gasteiger partial charge in [-0.3, -0.25) is 4.79 Å². The topological polar surface area (TPSA) is 130 Å². The largest absolute Gasteiger partial charge is 0.386 e. The molecule has 54 heavy (non-hydrogen) atoms. The van der Waals surface area contributed by atoms with Gasteiger partial charge in [-0.2, -0.15) is 4.72 Å². The highest BCUT2D eigenvalue weighted by Gasteiger charge is 2.45. The van der Waals surface area contributed by atoms with E-state index in [1.165, 1.54) is 12.1 Å². The first kappa shape index (κ1) is 42.6. The number of aliphatic hydroxyl groups is 1. The Morgan fingerprint density at radius 1 is 0.593 bits per heavy atom. The van der Waals surface area contributed by atoms with Crippen LogP contribution in [0.5, 0.6) is 0 Å². The molecule has 8 nitrogen and oxygen atoms in total. The van der Waals surface area contributed by atoms with Crippen LogP contribution in [0.2, 0.25) is 20.1 Å². The molecule has 6 rings (SSSR count). The molecule has 1 unspecified atom stereocenters. The Kier molecular flexibility index (Phi) is 14.0. The SMILES string of the molecule is Cc1ccc(S(=O)(=O)NC2(C(=O)c3cc(Cl)cc(Cl)c3)CCCCC2)cc1.Cc1ccc(S(=O)(=O)NC2(C(O)c3cc(Cl)cc(Cl)c3)CCCCC2)cc1. The van der Waals surface area contributed by atoms with Gasteiger partial charge in [-0.25, -0.2) is 21.6 Å². The molecule has 1 atom stereocenters. The van der Waals surface area contributed by atoms with Crippen LogP contribution < -0.4 is 9.44 Å². The van der Waals surface area contributed by atoms with Gasteiger partial charge in [0.05, 0.1) is 27.0 Å². The Bertz CT molecular complexity index is 2130. The molecule has 2 saturated carbocycles. The van der Waals surface area contributed by atoms with Crippen molar-refractivity contribution in [2.45, 2.75) is 105 Å². The van der Waals surface area contributed by atoms with Gasteiger partial charge in [-0.15, -0.1) is 0 Å². The number of aryl methyl sites for hydroxylation is 2. The number of aliphatic hydroxyl groups excluding tert-OH is 1. The van der Waals surface area contributed by atoms with Crippen LogP contribution in [0.1, 0.15) is 97.4 Å². The number of nitrogens with one attached hydrogen (secondary N) is 2. The fourth-order valence-corrected chi connectivity index (χ4v) is 11.2. The molecule has 0 aromatic heterocycles. The van der Waals surface area contributed by atoms with E-state index in [4.69, 9.17) is 46.4 Å². The zero-order valence-electron chi connectivity index (χ0n) is 30.0. The van der Waals surface area contributed by atoms with E-state index in [1.54, 1.807) is 72.8 Å². The molecule has 2 fully saturated rings. The van der Waals surface area contributed by atoms with Crippen molar-refractivity contribution in [3.63, 3.8) is 0 Å². The summed E-state index contributed by atoms with van der Waals surface area (Å²) >= 11 is 24.3. The van der Waals surface area contributed by atoms with Gasteiger partial charge < -0.3 is 5.11 Å². The summed E-state index contributed by atoms with van der Waals surface area (Å²) < 4.78 is 57.5. The molecule has 0 bridgehead atoms. The van der Waals surface area contributed by atoms with E-state index in [-0.39, 0.29) is 15.6 Å². The molecule has 0 radical (unpaired) electrons. The van der Waals surface area contributed by atoms with Crippen molar-refractivity contribution < 1.29 is 26.7 Å². The van der Waals surface area contributed by atoms with Crippen LogP contribution in [0.15, 0.2) is 94.7 Å². The van der Waals surface area contributed by atoms with Crippen LogP contribution in [0.3, 0.4) is 0 Å². The van der Waals surface area contributed by atoms with Gasteiger partial charge >= 0.3 is 0 Å². The normalized spacial score (nSPS) is 17.5. The molecular formula is C40H44Cl4N2O6S2. The van der Waals surface area contributed by atoms with Gasteiger partial charge in [-0.1, -0.05) is 120 Å². The van der Waals surface area contributed by atoms with Crippen LogP contribution in [0.4, 0.5) is 0 Å². The molecular weight excluding hydrogens is 810 g/mol. The first-order valence-corrected chi connectivity index (χ1v) is 22.3. The zero-order chi connectivity index (χ0) is 39.3. The highest BCUT2D eigenvalue weighted by molar-refractivity contribution is 7.89. The van der Waals surface area contributed by atoms with Crippen LogP contribution in [-0.4, -0.2) is 38.8 Å². The van der Waals surface area contributed by atoms with Crippen molar-refractivity contribution >= 4 is 72.2 Å². The maximum Gasteiger partial charge on any atom is 0.241 e. The maximum absolute atomic E-state index is 13.3. The second kappa shape index (κ2) is 17.7. The summed E-state index contributed by atoms with van der Waals surface area (Å²) in [6.07, 6.45) is 6.13. The molecule has 4 aromatic rings. The lowest BCUT2D eigenvalue weighted by Gasteiger charge is -2.41. The highest BCUT2D eigenvalue weighted by atomic mass is 35.5. The van der Waals surface area contributed by atoms with Crippen LogP contribution in [-0.2, 0) is 20.0 Å². The summed E-state index contributed by atoms with van der Waals surface area (Å²) in [6, 6.07) is 22.7. The lowest BCUT2D eigenvalue weighted by molar-refractivity contribution is 0.0473. The number of hydrogen-bond acceptors (Lipinski definition) is 6. The van der Waals surface area contributed by atoms with Gasteiger partial charge in [0.2, 0.25) is 20.0 Å². The van der Waals surface area contributed by atoms with E-state index in [1.807, 2.05) is 13.8 Å². The predicted octanol–water partition coefficient (Wildman–Crippen LogP) is 10.2. The predicted molar refractivity (Wildman–Crippen MR) is 217 cm³/mol. The first-order valence-electron chi connectivity index (χ1n) is 17.8. The summed E-state index contributed by atoms with van der Waals surface area (Å²) in [4.78, 5) is 13.7. The highest BCUT2D eigenvalue weighted by Crippen LogP contribution is 2.41. The van der Waals surface area contributed by atoms with E-state index in [0.29, 0.717) is 56.9 Å². The Labute approximate surface area is 338 Å². The fourth-order valence-electron chi connectivity index (χ4n) is 7.24. The van der Waals surface area contributed by atoms with Crippen molar-refractivity contribution in [3.05, 3.63) is 127 Å². The van der Waals surface area contributed by atoms with Crippen molar-refractivity contribution in [3.8, 4) is 0 Å². The quantitative estimate of drug-likeness (QED) is 0.136. The number of hydrogen-bond donors (Lipinski definition) is 3. The molecule has 0 saturated heterocycles. The summed E-state index contributed by atoms with van der Waals surface area (Å²) in [5.74, 6) is -0.290. The van der Waals surface area contributed by atoms with Crippen molar-refractivity contribution in [1.29, 1.82) is 0 Å². The second-order valence-electron chi connectivity index (χ2n) is 14.3. The van der Waals surface area contributed by atoms with Gasteiger partial charge in [0.1, 0.15) is 0 Å². The Morgan fingerprint density at radius 2 is 0.981 bits per heavy atom. The number of Topliss-reactive ketones (excluding diaryl/α,β-unsaturated/α-hetero) is 1. The minimum Gasteiger partial charge on any atom is -0.386 e. The molecule has 14 heteroatoms. The Morgan fingerprint density at radius 3 is 1.43 bits per heavy atom. The van der Waals surface area contributed by atoms with Crippen LogP contribution >= 0.6 is 46.4 Å². The number of sulfonamides is 2. The lowest BCUT2D eigenvalue weighted by atomic mass is 9.76. The molecule has 2 aliphatic rings. The Hall–Kier alpha value is -2.51. The number of ketones is 1. The van der Waals surface area contributed by atoms with Crippen LogP contribution in [0.25, 0.3) is 0 Å². The number of carbonyl (C=O) groups is 1. The maximum atomic E-state index is 13.3. The average molecular weight is 855 g/mol. The third kappa shape index (κ3) is 10.5. The van der Waals surface area contributed by atoms with E-state index >= 15 is 0 Å². The van der Waals surface area contributed by atoms with Gasteiger partial charge in [0.15, 0.2) is 5.78 Å². The summed E-state index contributed by atoms with van der Waals surface area (Å²) in [7, 11) is -7.63. The minimum atomic E-state index is -3.85. The number of carbonyl (C=O) groups excluding carboxylic acids is 1. The molecule has 3 N–H and O–H groups in total. The molecule has 0 amide bonds. The van der Waals surface area contributed by atoms with Crippen molar-refractivity contribution in [1.82, 2.24) is 9.44 Å². The molecule has 290 valence electrons. The fraction of sp³-hybridized carbons (Fsp3) is 0.375. The number of benzene rings is 4. The second-order valence-corrected chi connectivity index (χ2v) is 19.4. The molecule has 2 aliphatic carbocycles. The van der Waals surface area contributed by atoms with Crippen LogP contribution in [0, 0.1) is 13.8 Å². The monoisotopic (exact) mass is 852 g/mol. The van der Waals surface area contributed by atoms with E-state index in [9.17, 15) is 26.7 Å². The van der Waals surface area contributed by atoms with E-state index in [0.717, 1.165) is 49.7 Å². The zero-order valence-corrected chi connectivity index (χ0v) is 34.7. The van der Waals surface area contributed by atoms with Crippen molar-refractivity contribution in [2.75, 3.05) is 0 Å². The Balaban J connectivity index is 0.000000208. The van der Waals surface area contributed by atoms with E-state index in [2.05, 4.69) is 9.44 Å². The summed E-state index contributed by atoms with van der Waals surface area (Å²) in [6.45, 7) is 3.79. The van der Waals surface area contributed by atoms with Gasteiger partial charge in [0.25, 0.3) is 0 Å². The average Bonchev–Trinajstić information content (AvgIpc) is 3.11. The first-order chi connectivity index (χ1) is 25.4. The molecule has 0 aliphatic heterocycles. The molecule has 0 heterocycles. The third-order valence-electron chi connectivity index (χ3n) is 10.1.